The Morgan fingerprint density at radius 1 is 1.05 bits per heavy atom. The van der Waals surface area contributed by atoms with E-state index in [2.05, 4.69) is 19.9 Å². The average Bonchev–Trinajstić information content (AvgIpc) is 3.17. The predicted molar refractivity (Wildman–Crippen MR) is 140 cm³/mol. The highest BCUT2D eigenvalue weighted by Gasteiger charge is 2.67. The van der Waals surface area contributed by atoms with Gasteiger partial charge in [0.05, 0.1) is 17.8 Å². The molecule has 13 atom stereocenters. The van der Waals surface area contributed by atoms with E-state index in [9.17, 15) is 30.0 Å². The summed E-state index contributed by atoms with van der Waals surface area (Å²) in [6.45, 7) is 6.04. The Kier molecular flexibility index (Phi) is 7.66. The average molecular weight is 549 g/mol. The van der Waals surface area contributed by atoms with Gasteiger partial charge in [0, 0.05) is 17.4 Å². The van der Waals surface area contributed by atoms with Crippen molar-refractivity contribution in [3.63, 3.8) is 0 Å². The van der Waals surface area contributed by atoms with Gasteiger partial charge in [-0.1, -0.05) is 31.6 Å². The van der Waals surface area contributed by atoms with Crippen molar-refractivity contribution in [2.75, 3.05) is 0 Å². The third-order valence-electron chi connectivity index (χ3n) is 11.5. The highest BCUT2D eigenvalue weighted by molar-refractivity contribution is 5.80. The van der Waals surface area contributed by atoms with Gasteiger partial charge in [0.2, 0.25) is 0 Å². The number of aliphatic hydroxyl groups is 4. The molecule has 0 aromatic carbocycles. The number of ether oxygens (including phenoxy) is 2. The lowest BCUT2D eigenvalue weighted by atomic mass is 9.45. The molecule has 1 aliphatic heterocycles. The summed E-state index contributed by atoms with van der Waals surface area (Å²) < 4.78 is 11.8. The van der Waals surface area contributed by atoms with Gasteiger partial charge in [-0.2, -0.15) is 0 Å². The number of aliphatic hydroxyl groups excluding tert-OH is 3. The van der Waals surface area contributed by atoms with Crippen LogP contribution < -0.4 is 0 Å². The van der Waals surface area contributed by atoms with Gasteiger partial charge in [-0.3, -0.25) is 0 Å². The summed E-state index contributed by atoms with van der Waals surface area (Å²) in [6.07, 6.45) is 5.99. The van der Waals surface area contributed by atoms with Gasteiger partial charge in [-0.05, 0) is 81.5 Å². The Labute approximate surface area is 229 Å². The Hall–Kier alpha value is -1.62. The number of carbonyl (C=O) groups is 2. The van der Waals surface area contributed by atoms with Crippen molar-refractivity contribution in [2.24, 2.45) is 34.5 Å². The Morgan fingerprint density at radius 2 is 1.79 bits per heavy atom. The minimum Gasteiger partial charge on any atom is -0.478 e. The van der Waals surface area contributed by atoms with E-state index >= 15 is 0 Å². The molecule has 1 heterocycles. The second-order valence-electron chi connectivity index (χ2n) is 13.2. The highest BCUT2D eigenvalue weighted by Crippen LogP contribution is 2.69. The van der Waals surface area contributed by atoms with Crippen LogP contribution in [0.1, 0.15) is 72.1 Å². The van der Waals surface area contributed by atoms with Crippen molar-refractivity contribution >= 4 is 12.3 Å². The van der Waals surface area contributed by atoms with E-state index in [0.717, 1.165) is 44.5 Å². The smallest absolute Gasteiger partial charge is 0.327 e. The van der Waals surface area contributed by atoms with Crippen molar-refractivity contribution < 1.29 is 44.6 Å². The zero-order chi connectivity index (χ0) is 28.3. The molecule has 0 aromatic rings. The molecule has 9 heteroatoms. The van der Waals surface area contributed by atoms with Gasteiger partial charge in [0.1, 0.15) is 24.6 Å². The standard InChI is InChI=1S/C30H44O9/c1-16-24(34)25(35)26(36)27(38-16)39-19-8-11-28(2)18(14-19)5-6-22-21(28)9-12-29(3)20(10-13-30(22,29)37)17(15-31)4-7-23(32)33/h4,7,14-17,19-22,24-27,34-37H,5-6,8-13H2,1-3H3,(H,32,33)/b7-4-/t16-,17?,19-,20+,21-,22+,24-,25+,26+,27-,28-,29+,30-/m0/s1. The number of rotatable bonds is 6. The lowest BCUT2D eigenvalue weighted by molar-refractivity contribution is -0.301. The van der Waals surface area contributed by atoms with Crippen LogP contribution in [0.3, 0.4) is 0 Å². The maximum atomic E-state index is 12.3. The topological polar surface area (TPSA) is 154 Å². The van der Waals surface area contributed by atoms with Crippen LogP contribution in [0.2, 0.25) is 0 Å². The Balaban J connectivity index is 1.33. The molecule has 5 N–H and O–H groups in total. The first-order valence-corrected chi connectivity index (χ1v) is 14.5. The molecule has 1 saturated heterocycles. The monoisotopic (exact) mass is 548 g/mol. The first-order chi connectivity index (χ1) is 18.4. The minimum absolute atomic E-state index is 0.0939. The Bertz CT molecular complexity index is 1030. The van der Waals surface area contributed by atoms with Gasteiger partial charge in [0.25, 0.3) is 0 Å². The number of carbonyl (C=O) groups excluding carboxylic acids is 1. The summed E-state index contributed by atoms with van der Waals surface area (Å²) >= 11 is 0. The molecule has 9 nitrogen and oxygen atoms in total. The van der Waals surface area contributed by atoms with Crippen LogP contribution in [0.5, 0.6) is 0 Å². The summed E-state index contributed by atoms with van der Waals surface area (Å²) in [7, 11) is 0. The van der Waals surface area contributed by atoms with Gasteiger partial charge in [-0.15, -0.1) is 0 Å². The number of aliphatic carboxylic acids is 1. The molecule has 4 fully saturated rings. The fourth-order valence-corrected chi connectivity index (χ4v) is 9.20. The lowest BCUT2D eigenvalue weighted by Gasteiger charge is -2.62. The van der Waals surface area contributed by atoms with Crippen LogP contribution in [0, 0.1) is 34.5 Å². The molecular weight excluding hydrogens is 504 g/mol. The quantitative estimate of drug-likeness (QED) is 0.191. The Morgan fingerprint density at radius 3 is 2.49 bits per heavy atom. The van der Waals surface area contributed by atoms with Crippen LogP contribution in [-0.2, 0) is 19.1 Å². The second-order valence-corrected chi connectivity index (χ2v) is 13.2. The summed E-state index contributed by atoms with van der Waals surface area (Å²) in [5, 5.41) is 52.0. The number of carboxylic acids is 1. The van der Waals surface area contributed by atoms with Crippen LogP contribution in [0.4, 0.5) is 0 Å². The summed E-state index contributed by atoms with van der Waals surface area (Å²) in [6, 6.07) is 0. The summed E-state index contributed by atoms with van der Waals surface area (Å²) in [4.78, 5) is 23.1. The maximum absolute atomic E-state index is 12.3. The third-order valence-corrected chi connectivity index (χ3v) is 11.5. The van der Waals surface area contributed by atoms with E-state index in [1.54, 1.807) is 6.92 Å². The number of fused-ring (bicyclic) bond motifs is 5. The van der Waals surface area contributed by atoms with Crippen LogP contribution in [0.15, 0.2) is 23.8 Å². The first-order valence-electron chi connectivity index (χ1n) is 14.5. The molecule has 0 aromatic heterocycles. The van der Waals surface area contributed by atoms with E-state index in [0.29, 0.717) is 19.3 Å². The molecule has 0 radical (unpaired) electrons. The van der Waals surface area contributed by atoms with Crippen LogP contribution in [0.25, 0.3) is 0 Å². The largest absolute Gasteiger partial charge is 0.478 e. The number of hydrogen-bond acceptors (Lipinski definition) is 8. The lowest BCUT2D eigenvalue weighted by Crippen LogP contribution is -2.61. The molecular formula is C30H44O9. The first kappa shape index (κ1) is 28.9. The van der Waals surface area contributed by atoms with Gasteiger partial charge in [0.15, 0.2) is 6.29 Å². The van der Waals surface area contributed by atoms with E-state index in [1.807, 2.05) is 0 Å². The molecule has 0 amide bonds. The summed E-state index contributed by atoms with van der Waals surface area (Å²) in [5.74, 6) is -1.32. The fraction of sp³-hybridized carbons (Fsp3) is 0.800. The molecule has 0 spiro atoms. The van der Waals surface area contributed by atoms with E-state index in [-0.39, 0.29) is 29.3 Å². The SMILES string of the molecule is C[C@@H]1O[C@@H](O[C@@H]2C=C3CC[C@@H]4[C@H](CC[C@]5(C)[C@@H](C(C=O)/C=C\C(=O)O)CC[C@]45O)[C@@]3(C)CC2)[C@H](O)[C@H](O)[C@H]1O. The van der Waals surface area contributed by atoms with Crippen molar-refractivity contribution in [3.8, 4) is 0 Å². The number of aldehydes is 1. The predicted octanol–water partition coefficient (Wildman–Crippen LogP) is 2.35. The van der Waals surface area contributed by atoms with Crippen molar-refractivity contribution in [1.82, 2.24) is 0 Å². The highest BCUT2D eigenvalue weighted by atomic mass is 16.7. The van der Waals surface area contributed by atoms with E-state index in [4.69, 9.17) is 14.6 Å². The molecule has 0 bridgehead atoms. The van der Waals surface area contributed by atoms with Gasteiger partial charge < -0.3 is 39.8 Å². The van der Waals surface area contributed by atoms with Crippen molar-refractivity contribution in [1.29, 1.82) is 0 Å². The van der Waals surface area contributed by atoms with Gasteiger partial charge >= 0.3 is 5.97 Å². The molecule has 1 unspecified atom stereocenters. The third kappa shape index (κ3) is 4.53. The minimum atomic E-state index is -1.33. The number of carboxylic acid groups (broad SMARTS) is 1. The number of allylic oxidation sites excluding steroid dienone is 2. The second kappa shape index (κ2) is 10.3. The van der Waals surface area contributed by atoms with Crippen LogP contribution in [-0.4, -0.2) is 80.2 Å². The molecule has 5 rings (SSSR count). The summed E-state index contributed by atoms with van der Waals surface area (Å²) in [5.41, 5.74) is -0.165. The van der Waals surface area contributed by atoms with E-state index in [1.165, 1.54) is 11.6 Å². The molecule has 4 aliphatic carbocycles. The van der Waals surface area contributed by atoms with Gasteiger partial charge in [-0.25, -0.2) is 4.79 Å². The molecule has 39 heavy (non-hydrogen) atoms. The van der Waals surface area contributed by atoms with Crippen molar-refractivity contribution in [2.45, 2.75) is 115 Å². The van der Waals surface area contributed by atoms with Crippen molar-refractivity contribution in [3.05, 3.63) is 23.8 Å². The number of hydrogen-bond donors (Lipinski definition) is 5. The fourth-order valence-electron chi connectivity index (χ4n) is 9.20. The molecule has 3 saturated carbocycles. The zero-order valence-electron chi connectivity index (χ0n) is 23.1. The van der Waals surface area contributed by atoms with E-state index < -0.39 is 53.6 Å². The maximum Gasteiger partial charge on any atom is 0.327 e. The normalized spacial score (nSPS) is 50.4. The molecule has 5 aliphatic rings. The zero-order valence-corrected chi connectivity index (χ0v) is 23.1. The molecule has 218 valence electrons. The van der Waals surface area contributed by atoms with Crippen LogP contribution >= 0.6 is 0 Å².